The SMILES string of the molecule is Cc1nn(CC2(C)CC2(F)F)c(C)c1N. The lowest BCUT2D eigenvalue weighted by molar-refractivity contribution is 0.0621. The van der Waals surface area contributed by atoms with Gasteiger partial charge in [-0.1, -0.05) is 6.92 Å². The summed E-state index contributed by atoms with van der Waals surface area (Å²) in [6.45, 7) is 5.41. The van der Waals surface area contributed by atoms with Crippen molar-refractivity contribution in [2.45, 2.75) is 39.7 Å². The lowest BCUT2D eigenvalue weighted by Crippen LogP contribution is -2.17. The number of nitrogens with two attached hydrogens (primary N) is 1. The Morgan fingerprint density at radius 3 is 2.33 bits per heavy atom. The largest absolute Gasteiger partial charge is 0.396 e. The van der Waals surface area contributed by atoms with Crippen molar-refractivity contribution >= 4 is 5.69 Å². The normalized spacial score (nSPS) is 28.1. The van der Waals surface area contributed by atoms with Crippen LogP contribution >= 0.6 is 0 Å². The molecule has 0 spiro atoms. The van der Waals surface area contributed by atoms with Crippen LogP contribution < -0.4 is 5.73 Å². The Bertz CT molecular complexity index is 411. The van der Waals surface area contributed by atoms with Gasteiger partial charge in [0.15, 0.2) is 0 Å². The molecular weight excluding hydrogens is 200 g/mol. The van der Waals surface area contributed by atoms with Gasteiger partial charge in [-0.3, -0.25) is 4.68 Å². The van der Waals surface area contributed by atoms with E-state index in [1.165, 1.54) is 0 Å². The molecule has 0 bridgehead atoms. The van der Waals surface area contributed by atoms with Gasteiger partial charge in [-0.05, 0) is 13.8 Å². The molecule has 0 aliphatic heterocycles. The Kier molecular flexibility index (Phi) is 1.88. The molecule has 2 rings (SSSR count). The lowest BCUT2D eigenvalue weighted by Gasteiger charge is -2.11. The summed E-state index contributed by atoms with van der Waals surface area (Å²) < 4.78 is 27.7. The zero-order valence-electron chi connectivity index (χ0n) is 9.14. The highest BCUT2D eigenvalue weighted by molar-refractivity contribution is 5.46. The molecule has 0 radical (unpaired) electrons. The molecule has 5 heteroatoms. The molecule has 1 aromatic heterocycles. The monoisotopic (exact) mass is 215 g/mol. The molecule has 1 aliphatic rings. The molecule has 1 aromatic rings. The van der Waals surface area contributed by atoms with Gasteiger partial charge >= 0.3 is 0 Å². The van der Waals surface area contributed by atoms with E-state index in [-0.39, 0.29) is 13.0 Å². The van der Waals surface area contributed by atoms with Crippen LogP contribution in [0.2, 0.25) is 0 Å². The zero-order chi connectivity index (χ0) is 11.4. The third-order valence-corrected chi connectivity index (χ3v) is 3.31. The van der Waals surface area contributed by atoms with Crippen molar-refractivity contribution in [1.29, 1.82) is 0 Å². The third-order valence-electron chi connectivity index (χ3n) is 3.31. The number of anilines is 1. The number of rotatable bonds is 2. The van der Waals surface area contributed by atoms with Crippen molar-refractivity contribution in [3.8, 4) is 0 Å². The first-order valence-corrected chi connectivity index (χ1v) is 4.94. The molecule has 1 aliphatic carbocycles. The summed E-state index contributed by atoms with van der Waals surface area (Å²) in [4.78, 5) is 0. The number of alkyl halides is 2. The quantitative estimate of drug-likeness (QED) is 0.821. The van der Waals surface area contributed by atoms with Gasteiger partial charge in [0.1, 0.15) is 0 Å². The van der Waals surface area contributed by atoms with Crippen molar-refractivity contribution in [1.82, 2.24) is 9.78 Å². The minimum absolute atomic E-state index is 0.0573. The van der Waals surface area contributed by atoms with Crippen molar-refractivity contribution in [2.24, 2.45) is 5.41 Å². The Morgan fingerprint density at radius 1 is 1.47 bits per heavy atom. The minimum Gasteiger partial charge on any atom is -0.396 e. The molecule has 0 aromatic carbocycles. The van der Waals surface area contributed by atoms with Crippen LogP contribution in [0, 0.1) is 19.3 Å². The van der Waals surface area contributed by atoms with E-state index in [2.05, 4.69) is 5.10 Å². The first-order valence-electron chi connectivity index (χ1n) is 4.94. The fourth-order valence-electron chi connectivity index (χ4n) is 1.81. The summed E-state index contributed by atoms with van der Waals surface area (Å²) in [5, 5.41) is 4.16. The number of hydrogen-bond acceptors (Lipinski definition) is 2. The molecule has 2 N–H and O–H groups in total. The molecule has 0 amide bonds. The van der Waals surface area contributed by atoms with Crippen molar-refractivity contribution < 1.29 is 8.78 Å². The molecule has 0 saturated heterocycles. The molecular formula is C10H15F2N3. The van der Waals surface area contributed by atoms with Gasteiger partial charge in [0.2, 0.25) is 0 Å². The molecule has 1 atom stereocenters. The fraction of sp³-hybridized carbons (Fsp3) is 0.700. The zero-order valence-corrected chi connectivity index (χ0v) is 9.14. The number of aryl methyl sites for hydroxylation is 1. The number of hydrogen-bond donors (Lipinski definition) is 1. The second kappa shape index (κ2) is 2.71. The average Bonchev–Trinajstić information content (AvgIpc) is 2.51. The number of nitrogens with zero attached hydrogens (tertiary/aromatic N) is 2. The standard InChI is InChI=1S/C10H15F2N3/c1-6-8(13)7(2)15(14-6)5-9(3)4-10(9,11)12/h4-5,13H2,1-3H3. The van der Waals surface area contributed by atoms with Crippen LogP contribution in [0.1, 0.15) is 24.7 Å². The van der Waals surface area contributed by atoms with Crippen LogP contribution in [-0.4, -0.2) is 15.7 Å². The Morgan fingerprint density at radius 2 is 2.00 bits per heavy atom. The first-order chi connectivity index (χ1) is 6.77. The highest BCUT2D eigenvalue weighted by Gasteiger charge is 2.68. The predicted molar refractivity (Wildman–Crippen MR) is 53.8 cm³/mol. The van der Waals surface area contributed by atoms with E-state index < -0.39 is 11.3 Å². The van der Waals surface area contributed by atoms with Gasteiger partial charge in [0.05, 0.1) is 29.0 Å². The topological polar surface area (TPSA) is 43.8 Å². The second-order valence-electron chi connectivity index (χ2n) is 4.68. The summed E-state index contributed by atoms with van der Waals surface area (Å²) in [6, 6.07) is 0. The fourth-order valence-corrected chi connectivity index (χ4v) is 1.81. The van der Waals surface area contributed by atoms with Crippen LogP contribution in [0.25, 0.3) is 0 Å². The Labute approximate surface area is 87.3 Å². The minimum atomic E-state index is -2.55. The van der Waals surface area contributed by atoms with Crippen molar-refractivity contribution in [3.05, 3.63) is 11.4 Å². The first kappa shape index (κ1) is 10.4. The van der Waals surface area contributed by atoms with Gasteiger partial charge in [0, 0.05) is 6.42 Å². The lowest BCUT2D eigenvalue weighted by atomic mass is 10.1. The van der Waals surface area contributed by atoms with Gasteiger partial charge in [0.25, 0.3) is 5.92 Å². The number of nitrogen functional groups attached to an aromatic ring is 1. The maximum absolute atomic E-state index is 13.0. The molecule has 84 valence electrons. The highest BCUT2D eigenvalue weighted by Crippen LogP contribution is 2.61. The summed E-state index contributed by atoms with van der Waals surface area (Å²) in [5.74, 6) is -2.55. The molecule has 3 nitrogen and oxygen atoms in total. The van der Waals surface area contributed by atoms with Gasteiger partial charge in [-0.15, -0.1) is 0 Å². The van der Waals surface area contributed by atoms with E-state index in [0.717, 1.165) is 5.69 Å². The summed E-state index contributed by atoms with van der Waals surface area (Å²) in [5.41, 5.74) is 6.88. The maximum Gasteiger partial charge on any atom is 0.256 e. The van der Waals surface area contributed by atoms with Gasteiger partial charge in [-0.25, -0.2) is 8.78 Å². The van der Waals surface area contributed by atoms with Crippen molar-refractivity contribution in [2.75, 3.05) is 5.73 Å². The van der Waals surface area contributed by atoms with Gasteiger partial charge in [-0.2, -0.15) is 5.10 Å². The molecule has 1 heterocycles. The van der Waals surface area contributed by atoms with Crippen LogP contribution in [0.4, 0.5) is 14.5 Å². The van der Waals surface area contributed by atoms with E-state index in [0.29, 0.717) is 11.4 Å². The summed E-state index contributed by atoms with van der Waals surface area (Å²) >= 11 is 0. The summed E-state index contributed by atoms with van der Waals surface area (Å²) in [6.07, 6.45) is -0.0573. The second-order valence-corrected chi connectivity index (χ2v) is 4.68. The van der Waals surface area contributed by atoms with Gasteiger partial charge < -0.3 is 5.73 Å². The highest BCUT2D eigenvalue weighted by atomic mass is 19.3. The van der Waals surface area contributed by atoms with E-state index in [1.807, 2.05) is 0 Å². The molecule has 1 saturated carbocycles. The molecule has 1 fully saturated rings. The van der Waals surface area contributed by atoms with Crippen LogP contribution in [-0.2, 0) is 6.54 Å². The third kappa shape index (κ3) is 1.41. The Hall–Kier alpha value is -1.13. The maximum atomic E-state index is 13.0. The number of halogens is 2. The van der Waals surface area contributed by atoms with Crippen LogP contribution in [0.5, 0.6) is 0 Å². The average molecular weight is 215 g/mol. The van der Waals surface area contributed by atoms with E-state index in [9.17, 15) is 8.78 Å². The number of aromatic nitrogens is 2. The van der Waals surface area contributed by atoms with E-state index >= 15 is 0 Å². The molecule has 1 unspecified atom stereocenters. The van der Waals surface area contributed by atoms with Crippen LogP contribution in [0.3, 0.4) is 0 Å². The summed E-state index contributed by atoms with van der Waals surface area (Å²) in [7, 11) is 0. The Balaban J connectivity index is 2.23. The van der Waals surface area contributed by atoms with E-state index in [4.69, 9.17) is 5.73 Å². The van der Waals surface area contributed by atoms with E-state index in [1.54, 1.807) is 25.5 Å². The van der Waals surface area contributed by atoms with Crippen LogP contribution in [0.15, 0.2) is 0 Å². The van der Waals surface area contributed by atoms with Crippen molar-refractivity contribution in [3.63, 3.8) is 0 Å². The molecule has 15 heavy (non-hydrogen) atoms. The smallest absolute Gasteiger partial charge is 0.256 e. The predicted octanol–water partition coefficient (Wildman–Crippen LogP) is 2.13.